The maximum absolute atomic E-state index is 11.9. The quantitative estimate of drug-likeness (QED) is 0.333. The first-order valence-electron chi connectivity index (χ1n) is 8.58. The van der Waals surface area contributed by atoms with E-state index in [1.54, 1.807) is 6.08 Å². The van der Waals surface area contributed by atoms with Crippen molar-refractivity contribution in [3.05, 3.63) is 57.4 Å². The van der Waals surface area contributed by atoms with Crippen LogP contribution in [0.15, 0.2) is 51.8 Å². The molecule has 0 aromatic heterocycles. The van der Waals surface area contributed by atoms with Crippen molar-refractivity contribution >= 4 is 56.2 Å². The van der Waals surface area contributed by atoms with E-state index < -0.39 is 0 Å². The summed E-state index contributed by atoms with van der Waals surface area (Å²) in [5.74, 6) is 1.79. The Labute approximate surface area is 181 Å². The molecule has 1 fully saturated rings. The zero-order valence-electron chi connectivity index (χ0n) is 15.1. The molecular weight excluding hydrogens is 462 g/mol. The van der Waals surface area contributed by atoms with E-state index >= 15 is 0 Å². The second-order valence-electron chi connectivity index (χ2n) is 5.63. The Morgan fingerprint density at radius 2 is 1.89 bits per heavy atom. The molecule has 5 nitrogen and oxygen atoms in total. The van der Waals surface area contributed by atoms with Crippen molar-refractivity contribution in [1.29, 1.82) is 0 Å². The van der Waals surface area contributed by atoms with E-state index in [4.69, 9.17) is 26.4 Å². The molecular formula is C20H18BrNO4S2. The predicted molar refractivity (Wildman–Crippen MR) is 119 cm³/mol. The normalized spacial score (nSPS) is 14.9. The zero-order chi connectivity index (χ0) is 19.9. The van der Waals surface area contributed by atoms with E-state index in [9.17, 15) is 4.79 Å². The summed E-state index contributed by atoms with van der Waals surface area (Å²) in [4.78, 5) is 12.4. The van der Waals surface area contributed by atoms with Crippen LogP contribution in [0.1, 0.15) is 12.5 Å². The number of carbonyl (C=O) groups excluding carboxylic acids is 1. The van der Waals surface area contributed by atoms with Crippen LogP contribution in [0.5, 0.6) is 17.2 Å². The summed E-state index contributed by atoms with van der Waals surface area (Å²) in [7, 11) is 0. The number of hydrogen-bond donors (Lipinski definition) is 1. The van der Waals surface area contributed by atoms with Crippen LogP contribution in [0, 0.1) is 0 Å². The molecule has 146 valence electrons. The van der Waals surface area contributed by atoms with E-state index in [0.29, 0.717) is 40.5 Å². The van der Waals surface area contributed by atoms with Crippen LogP contribution in [0.2, 0.25) is 0 Å². The summed E-state index contributed by atoms with van der Waals surface area (Å²) in [6, 6.07) is 13.3. The lowest BCUT2D eigenvalue weighted by molar-refractivity contribution is -0.115. The van der Waals surface area contributed by atoms with Gasteiger partial charge in [-0.05, 0) is 58.8 Å². The van der Waals surface area contributed by atoms with Crippen LogP contribution in [0.3, 0.4) is 0 Å². The SMILES string of the molecule is CCOc1cc(/C=C2\SC(=S)NC2=O)cc(Br)c1OCCOc1ccccc1. The lowest BCUT2D eigenvalue weighted by Gasteiger charge is -2.15. The molecule has 0 atom stereocenters. The third kappa shape index (κ3) is 5.50. The highest BCUT2D eigenvalue weighted by molar-refractivity contribution is 9.10. The number of halogens is 1. The summed E-state index contributed by atoms with van der Waals surface area (Å²) in [5, 5.41) is 2.61. The third-order valence-corrected chi connectivity index (χ3v) is 5.36. The van der Waals surface area contributed by atoms with Crippen LogP contribution < -0.4 is 19.5 Å². The van der Waals surface area contributed by atoms with Crippen molar-refractivity contribution in [3.8, 4) is 17.2 Å². The Balaban J connectivity index is 1.71. The van der Waals surface area contributed by atoms with Crippen LogP contribution in [0.4, 0.5) is 0 Å². The summed E-state index contributed by atoms with van der Waals surface area (Å²) in [6.45, 7) is 3.16. The van der Waals surface area contributed by atoms with E-state index in [2.05, 4.69) is 21.2 Å². The minimum Gasteiger partial charge on any atom is -0.490 e. The molecule has 0 aliphatic carbocycles. The van der Waals surface area contributed by atoms with Crippen molar-refractivity contribution < 1.29 is 19.0 Å². The largest absolute Gasteiger partial charge is 0.490 e. The van der Waals surface area contributed by atoms with Crippen molar-refractivity contribution in [2.24, 2.45) is 0 Å². The molecule has 3 rings (SSSR count). The minimum atomic E-state index is -0.192. The Bertz CT molecular complexity index is 903. The van der Waals surface area contributed by atoms with Gasteiger partial charge in [0.15, 0.2) is 11.5 Å². The predicted octanol–water partition coefficient (Wildman–Crippen LogP) is 4.79. The van der Waals surface area contributed by atoms with Gasteiger partial charge in [-0.25, -0.2) is 0 Å². The number of nitrogens with one attached hydrogen (secondary N) is 1. The van der Waals surface area contributed by atoms with Gasteiger partial charge in [0.25, 0.3) is 5.91 Å². The number of benzene rings is 2. The topological polar surface area (TPSA) is 56.8 Å². The van der Waals surface area contributed by atoms with Gasteiger partial charge in [-0.3, -0.25) is 4.79 Å². The molecule has 28 heavy (non-hydrogen) atoms. The summed E-state index contributed by atoms with van der Waals surface area (Å²) in [5.41, 5.74) is 0.811. The lowest BCUT2D eigenvalue weighted by Crippen LogP contribution is -2.17. The van der Waals surface area contributed by atoms with Crippen LogP contribution in [-0.4, -0.2) is 30.0 Å². The van der Waals surface area contributed by atoms with Gasteiger partial charge in [-0.1, -0.05) is 42.2 Å². The standard InChI is InChI=1S/C20H18BrNO4S2/c1-2-24-16-11-13(12-17-19(23)22-20(27)28-17)10-15(21)18(16)26-9-8-25-14-6-4-3-5-7-14/h3-7,10-12H,2,8-9H2,1H3,(H,22,23,27)/b17-12-. The average Bonchev–Trinajstić information content (AvgIpc) is 2.98. The number of hydrogen-bond acceptors (Lipinski definition) is 6. The fourth-order valence-electron chi connectivity index (χ4n) is 2.47. The molecule has 8 heteroatoms. The maximum atomic E-state index is 11.9. The molecule has 0 saturated carbocycles. The highest BCUT2D eigenvalue weighted by Gasteiger charge is 2.22. The second-order valence-corrected chi connectivity index (χ2v) is 8.20. The van der Waals surface area contributed by atoms with Crippen molar-refractivity contribution in [2.45, 2.75) is 6.92 Å². The fourth-order valence-corrected chi connectivity index (χ4v) is 4.09. The van der Waals surface area contributed by atoms with Gasteiger partial charge < -0.3 is 19.5 Å². The number of amides is 1. The molecule has 0 bridgehead atoms. The molecule has 0 unspecified atom stereocenters. The van der Waals surface area contributed by atoms with Gasteiger partial charge >= 0.3 is 0 Å². The summed E-state index contributed by atoms with van der Waals surface area (Å²) < 4.78 is 18.5. The summed E-state index contributed by atoms with van der Waals surface area (Å²) in [6.07, 6.45) is 1.77. The molecule has 1 heterocycles. The zero-order valence-corrected chi connectivity index (χ0v) is 18.3. The average molecular weight is 480 g/mol. The molecule has 0 spiro atoms. The van der Waals surface area contributed by atoms with Crippen LogP contribution >= 0.6 is 39.9 Å². The Morgan fingerprint density at radius 1 is 1.14 bits per heavy atom. The van der Waals surface area contributed by atoms with E-state index in [-0.39, 0.29) is 5.91 Å². The van der Waals surface area contributed by atoms with Crippen LogP contribution in [-0.2, 0) is 4.79 Å². The molecule has 2 aromatic carbocycles. The van der Waals surface area contributed by atoms with Gasteiger partial charge in [0.1, 0.15) is 23.3 Å². The van der Waals surface area contributed by atoms with E-state index in [1.165, 1.54) is 11.8 Å². The molecule has 1 saturated heterocycles. The molecule has 1 N–H and O–H groups in total. The lowest BCUT2D eigenvalue weighted by atomic mass is 10.2. The highest BCUT2D eigenvalue weighted by Crippen LogP contribution is 2.38. The van der Waals surface area contributed by atoms with Gasteiger partial charge in [0.05, 0.1) is 16.0 Å². The van der Waals surface area contributed by atoms with Crippen molar-refractivity contribution in [1.82, 2.24) is 5.32 Å². The minimum absolute atomic E-state index is 0.192. The number of thiocarbonyl (C=S) groups is 1. The Morgan fingerprint density at radius 3 is 2.57 bits per heavy atom. The Hall–Kier alpha value is -2.03. The van der Waals surface area contributed by atoms with E-state index in [1.807, 2.05) is 49.4 Å². The van der Waals surface area contributed by atoms with Gasteiger partial charge in [-0.2, -0.15) is 0 Å². The van der Waals surface area contributed by atoms with Gasteiger partial charge in [-0.15, -0.1) is 0 Å². The molecule has 1 aliphatic rings. The van der Waals surface area contributed by atoms with Crippen LogP contribution in [0.25, 0.3) is 6.08 Å². The second kappa shape index (κ2) is 9.95. The molecule has 1 amide bonds. The number of ether oxygens (including phenoxy) is 3. The number of para-hydroxylation sites is 1. The first-order chi connectivity index (χ1) is 13.6. The summed E-state index contributed by atoms with van der Waals surface area (Å²) >= 11 is 9.80. The molecule has 2 aromatic rings. The fraction of sp³-hybridized carbons (Fsp3) is 0.200. The van der Waals surface area contributed by atoms with Gasteiger partial charge in [0, 0.05) is 0 Å². The molecule has 0 radical (unpaired) electrons. The van der Waals surface area contributed by atoms with Gasteiger partial charge in [0.2, 0.25) is 0 Å². The van der Waals surface area contributed by atoms with Crippen molar-refractivity contribution in [2.75, 3.05) is 19.8 Å². The number of rotatable bonds is 8. The van der Waals surface area contributed by atoms with E-state index in [0.717, 1.165) is 15.8 Å². The monoisotopic (exact) mass is 479 g/mol. The number of carbonyl (C=O) groups is 1. The number of thioether (sulfide) groups is 1. The first kappa shape index (κ1) is 20.7. The molecule has 1 aliphatic heterocycles. The smallest absolute Gasteiger partial charge is 0.263 e. The van der Waals surface area contributed by atoms with Crippen molar-refractivity contribution in [3.63, 3.8) is 0 Å². The first-order valence-corrected chi connectivity index (χ1v) is 10.6. The Kier molecular flexibility index (Phi) is 7.36. The third-order valence-electron chi connectivity index (χ3n) is 3.61. The highest BCUT2D eigenvalue weighted by atomic mass is 79.9. The maximum Gasteiger partial charge on any atom is 0.263 e.